The van der Waals surface area contributed by atoms with Crippen LogP contribution >= 0.6 is 15.9 Å². The predicted octanol–water partition coefficient (Wildman–Crippen LogP) is 3.81. The van der Waals surface area contributed by atoms with Gasteiger partial charge in [-0.2, -0.15) is 0 Å². The molecule has 0 unspecified atom stereocenters. The molecule has 0 heterocycles. The van der Waals surface area contributed by atoms with E-state index in [-0.39, 0.29) is 5.91 Å². The fourth-order valence-corrected chi connectivity index (χ4v) is 1.83. The molecule has 0 aliphatic rings. The third-order valence-electron chi connectivity index (χ3n) is 2.42. The summed E-state index contributed by atoms with van der Waals surface area (Å²) in [6.07, 6.45) is 0. The maximum Gasteiger partial charge on any atom is 0.221 e. The minimum atomic E-state index is -0.0992. The van der Waals surface area contributed by atoms with E-state index in [2.05, 4.69) is 33.1 Å². The SMILES string of the molecule is CC(=O)Nc1ccccc1C#Cc1ccc(Br)cc1. The summed E-state index contributed by atoms with van der Waals surface area (Å²) in [7, 11) is 0. The summed E-state index contributed by atoms with van der Waals surface area (Å²) in [4.78, 5) is 11.1. The van der Waals surface area contributed by atoms with Crippen LogP contribution in [0.3, 0.4) is 0 Å². The van der Waals surface area contributed by atoms with Gasteiger partial charge in [-0.1, -0.05) is 39.9 Å². The van der Waals surface area contributed by atoms with Crippen LogP contribution in [0.4, 0.5) is 5.69 Å². The summed E-state index contributed by atoms with van der Waals surface area (Å²) in [5.74, 6) is 6.05. The molecule has 0 atom stereocenters. The van der Waals surface area contributed by atoms with Crippen LogP contribution in [0.1, 0.15) is 18.1 Å². The van der Waals surface area contributed by atoms with Crippen molar-refractivity contribution in [3.8, 4) is 11.8 Å². The lowest BCUT2D eigenvalue weighted by atomic mass is 10.1. The van der Waals surface area contributed by atoms with Gasteiger partial charge in [-0.05, 0) is 36.4 Å². The fraction of sp³-hybridized carbons (Fsp3) is 0.0625. The normalized spacial score (nSPS) is 9.37. The monoisotopic (exact) mass is 313 g/mol. The third kappa shape index (κ3) is 3.97. The quantitative estimate of drug-likeness (QED) is 0.797. The standard InChI is InChI=1S/C16H12BrNO/c1-12(19)18-16-5-3-2-4-14(16)9-6-13-7-10-15(17)11-8-13/h2-5,7-8,10-11H,1H3,(H,18,19). The van der Waals surface area contributed by atoms with Gasteiger partial charge in [0.25, 0.3) is 0 Å². The molecule has 0 aromatic heterocycles. The first-order valence-corrected chi connectivity index (χ1v) is 6.58. The summed E-state index contributed by atoms with van der Waals surface area (Å²) >= 11 is 3.38. The van der Waals surface area contributed by atoms with Gasteiger partial charge in [-0.25, -0.2) is 0 Å². The van der Waals surface area contributed by atoms with Gasteiger partial charge in [0.1, 0.15) is 0 Å². The van der Waals surface area contributed by atoms with Crippen LogP contribution in [-0.2, 0) is 4.79 Å². The van der Waals surface area contributed by atoms with Crippen LogP contribution in [0.15, 0.2) is 53.0 Å². The molecule has 0 saturated carbocycles. The van der Waals surface area contributed by atoms with Crippen molar-refractivity contribution in [2.75, 3.05) is 5.32 Å². The zero-order valence-corrected chi connectivity index (χ0v) is 12.0. The minimum Gasteiger partial charge on any atom is -0.325 e. The first kappa shape index (κ1) is 13.4. The first-order valence-electron chi connectivity index (χ1n) is 5.79. The molecular formula is C16H12BrNO. The van der Waals surface area contributed by atoms with Crippen molar-refractivity contribution in [1.82, 2.24) is 0 Å². The molecule has 19 heavy (non-hydrogen) atoms. The van der Waals surface area contributed by atoms with Crippen LogP contribution in [0, 0.1) is 11.8 Å². The average molecular weight is 314 g/mol. The smallest absolute Gasteiger partial charge is 0.221 e. The third-order valence-corrected chi connectivity index (χ3v) is 2.95. The van der Waals surface area contributed by atoms with E-state index in [9.17, 15) is 4.79 Å². The summed E-state index contributed by atoms with van der Waals surface area (Å²) < 4.78 is 1.02. The van der Waals surface area contributed by atoms with E-state index in [1.54, 1.807) is 0 Å². The number of hydrogen-bond acceptors (Lipinski definition) is 1. The Morgan fingerprint density at radius 3 is 2.42 bits per heavy atom. The number of para-hydroxylation sites is 1. The van der Waals surface area contributed by atoms with Gasteiger partial charge in [-0.15, -0.1) is 0 Å². The summed E-state index contributed by atoms with van der Waals surface area (Å²) in [6.45, 7) is 1.49. The minimum absolute atomic E-state index is 0.0992. The van der Waals surface area contributed by atoms with Crippen molar-refractivity contribution in [2.24, 2.45) is 0 Å². The van der Waals surface area contributed by atoms with Crippen LogP contribution in [0.5, 0.6) is 0 Å². The van der Waals surface area contributed by atoms with Gasteiger partial charge in [-0.3, -0.25) is 4.79 Å². The molecule has 0 fully saturated rings. The van der Waals surface area contributed by atoms with Gasteiger partial charge < -0.3 is 5.32 Å². The first-order chi connectivity index (χ1) is 9.15. The molecule has 0 spiro atoms. The molecular weight excluding hydrogens is 302 g/mol. The lowest BCUT2D eigenvalue weighted by Gasteiger charge is -2.03. The Morgan fingerprint density at radius 1 is 1.05 bits per heavy atom. The second-order valence-electron chi connectivity index (χ2n) is 3.98. The molecule has 2 aromatic carbocycles. The van der Waals surface area contributed by atoms with Gasteiger partial charge in [0, 0.05) is 22.5 Å². The molecule has 0 aliphatic carbocycles. The van der Waals surface area contributed by atoms with E-state index < -0.39 is 0 Å². The Hall–Kier alpha value is -2.05. The molecule has 2 nitrogen and oxygen atoms in total. The highest BCUT2D eigenvalue weighted by atomic mass is 79.9. The van der Waals surface area contributed by atoms with E-state index in [4.69, 9.17) is 0 Å². The van der Waals surface area contributed by atoms with E-state index in [0.717, 1.165) is 21.3 Å². The highest BCUT2D eigenvalue weighted by molar-refractivity contribution is 9.10. The zero-order chi connectivity index (χ0) is 13.7. The summed E-state index contributed by atoms with van der Waals surface area (Å²) in [6, 6.07) is 15.3. The number of benzene rings is 2. The number of halogens is 1. The summed E-state index contributed by atoms with van der Waals surface area (Å²) in [5.41, 5.74) is 2.47. The number of anilines is 1. The maximum absolute atomic E-state index is 11.1. The van der Waals surface area contributed by atoms with Crippen molar-refractivity contribution in [3.05, 3.63) is 64.1 Å². The van der Waals surface area contributed by atoms with Crippen LogP contribution in [0.2, 0.25) is 0 Å². The topological polar surface area (TPSA) is 29.1 Å². The zero-order valence-electron chi connectivity index (χ0n) is 10.4. The largest absolute Gasteiger partial charge is 0.325 e. The van der Waals surface area contributed by atoms with E-state index in [0.29, 0.717) is 0 Å². The molecule has 2 rings (SSSR count). The molecule has 94 valence electrons. The fourth-order valence-electron chi connectivity index (χ4n) is 1.56. The molecule has 0 saturated heterocycles. The second-order valence-corrected chi connectivity index (χ2v) is 4.90. The Morgan fingerprint density at radius 2 is 1.74 bits per heavy atom. The van der Waals surface area contributed by atoms with Gasteiger partial charge in [0.2, 0.25) is 5.91 Å². The molecule has 3 heteroatoms. The molecule has 1 amide bonds. The number of carbonyl (C=O) groups excluding carboxylic acids is 1. The maximum atomic E-state index is 11.1. The molecule has 0 bridgehead atoms. The van der Waals surface area contributed by atoms with Crippen LogP contribution in [0.25, 0.3) is 0 Å². The highest BCUT2D eigenvalue weighted by Crippen LogP contribution is 2.14. The average Bonchev–Trinajstić information content (AvgIpc) is 2.39. The number of nitrogens with one attached hydrogen (secondary N) is 1. The summed E-state index contributed by atoms with van der Waals surface area (Å²) in [5, 5.41) is 2.77. The van der Waals surface area contributed by atoms with E-state index in [1.807, 2.05) is 48.5 Å². The van der Waals surface area contributed by atoms with Gasteiger partial charge in [0.15, 0.2) is 0 Å². The molecule has 0 radical (unpaired) electrons. The second kappa shape index (κ2) is 6.21. The lowest BCUT2D eigenvalue weighted by Crippen LogP contribution is -2.06. The Kier molecular flexibility index (Phi) is 4.38. The van der Waals surface area contributed by atoms with E-state index >= 15 is 0 Å². The predicted molar refractivity (Wildman–Crippen MR) is 80.9 cm³/mol. The highest BCUT2D eigenvalue weighted by Gasteiger charge is 1.99. The number of rotatable bonds is 1. The lowest BCUT2D eigenvalue weighted by molar-refractivity contribution is -0.114. The Bertz CT molecular complexity index is 650. The van der Waals surface area contributed by atoms with Crippen molar-refractivity contribution in [1.29, 1.82) is 0 Å². The van der Waals surface area contributed by atoms with Gasteiger partial charge in [0.05, 0.1) is 5.69 Å². The molecule has 2 aromatic rings. The van der Waals surface area contributed by atoms with Gasteiger partial charge >= 0.3 is 0 Å². The number of hydrogen-bond donors (Lipinski definition) is 1. The Labute approximate surface area is 121 Å². The Balaban J connectivity index is 2.29. The van der Waals surface area contributed by atoms with Crippen molar-refractivity contribution in [3.63, 3.8) is 0 Å². The van der Waals surface area contributed by atoms with Crippen LogP contribution < -0.4 is 5.32 Å². The number of carbonyl (C=O) groups is 1. The molecule has 1 N–H and O–H groups in total. The van der Waals surface area contributed by atoms with Crippen molar-refractivity contribution in [2.45, 2.75) is 6.92 Å². The van der Waals surface area contributed by atoms with E-state index in [1.165, 1.54) is 6.92 Å². The molecule has 0 aliphatic heterocycles. The van der Waals surface area contributed by atoms with Crippen molar-refractivity contribution >= 4 is 27.5 Å². The van der Waals surface area contributed by atoms with Crippen LogP contribution in [-0.4, -0.2) is 5.91 Å². The van der Waals surface area contributed by atoms with Crippen molar-refractivity contribution < 1.29 is 4.79 Å². The number of amides is 1.